The molecule has 0 aliphatic heterocycles. The summed E-state index contributed by atoms with van der Waals surface area (Å²) in [6.45, 7) is 7.46. The van der Waals surface area contributed by atoms with Crippen LogP contribution in [0.2, 0.25) is 0 Å². The van der Waals surface area contributed by atoms with Crippen LogP contribution in [0.3, 0.4) is 0 Å². The SMILES string of the molecule is CCC(C)(C)c1ccc(Oc2ncccc2CNC)cc1. The van der Waals surface area contributed by atoms with Gasteiger partial charge in [0.15, 0.2) is 0 Å². The van der Waals surface area contributed by atoms with E-state index in [1.165, 1.54) is 5.56 Å². The summed E-state index contributed by atoms with van der Waals surface area (Å²) in [6, 6.07) is 12.3. The molecule has 1 aromatic heterocycles. The molecule has 0 atom stereocenters. The van der Waals surface area contributed by atoms with Gasteiger partial charge >= 0.3 is 0 Å². The maximum Gasteiger partial charge on any atom is 0.223 e. The minimum atomic E-state index is 0.195. The Labute approximate surface area is 127 Å². The average molecular weight is 284 g/mol. The summed E-state index contributed by atoms with van der Waals surface area (Å²) in [7, 11) is 1.92. The molecule has 2 rings (SSSR count). The number of benzene rings is 1. The maximum absolute atomic E-state index is 5.91. The largest absolute Gasteiger partial charge is 0.439 e. The summed E-state index contributed by atoms with van der Waals surface area (Å²) in [5, 5.41) is 3.13. The number of pyridine rings is 1. The number of aromatic nitrogens is 1. The van der Waals surface area contributed by atoms with Crippen molar-refractivity contribution < 1.29 is 4.74 Å². The van der Waals surface area contributed by atoms with Crippen molar-refractivity contribution in [3.63, 3.8) is 0 Å². The summed E-state index contributed by atoms with van der Waals surface area (Å²) in [5.41, 5.74) is 2.58. The topological polar surface area (TPSA) is 34.1 Å². The van der Waals surface area contributed by atoms with Gasteiger partial charge in [-0.05, 0) is 42.6 Å². The zero-order chi connectivity index (χ0) is 15.3. The first-order valence-electron chi connectivity index (χ1n) is 7.43. The zero-order valence-electron chi connectivity index (χ0n) is 13.3. The van der Waals surface area contributed by atoms with Gasteiger partial charge in [0.25, 0.3) is 0 Å². The van der Waals surface area contributed by atoms with Gasteiger partial charge in [0, 0.05) is 18.3 Å². The van der Waals surface area contributed by atoms with Gasteiger partial charge in [-0.2, -0.15) is 0 Å². The minimum Gasteiger partial charge on any atom is -0.439 e. The summed E-state index contributed by atoms with van der Waals surface area (Å²) < 4.78 is 5.91. The zero-order valence-corrected chi connectivity index (χ0v) is 13.3. The van der Waals surface area contributed by atoms with E-state index in [9.17, 15) is 0 Å². The highest BCUT2D eigenvalue weighted by Gasteiger charge is 2.17. The van der Waals surface area contributed by atoms with E-state index in [1.807, 2.05) is 31.3 Å². The predicted molar refractivity (Wildman–Crippen MR) is 86.8 cm³/mol. The lowest BCUT2D eigenvalue weighted by molar-refractivity contribution is 0.452. The van der Waals surface area contributed by atoms with Crippen molar-refractivity contribution >= 4 is 0 Å². The molecule has 0 fully saturated rings. The van der Waals surface area contributed by atoms with Crippen molar-refractivity contribution in [1.29, 1.82) is 0 Å². The van der Waals surface area contributed by atoms with Crippen molar-refractivity contribution in [2.24, 2.45) is 0 Å². The number of hydrogen-bond acceptors (Lipinski definition) is 3. The van der Waals surface area contributed by atoms with Gasteiger partial charge in [-0.15, -0.1) is 0 Å². The number of rotatable bonds is 6. The van der Waals surface area contributed by atoms with Gasteiger partial charge in [0.2, 0.25) is 5.88 Å². The van der Waals surface area contributed by atoms with Crippen molar-refractivity contribution in [3.05, 3.63) is 53.7 Å². The molecule has 2 aromatic rings. The van der Waals surface area contributed by atoms with Crippen LogP contribution in [0.5, 0.6) is 11.6 Å². The van der Waals surface area contributed by atoms with E-state index in [2.05, 4.69) is 43.2 Å². The van der Waals surface area contributed by atoms with E-state index in [-0.39, 0.29) is 5.41 Å². The molecule has 0 amide bonds. The van der Waals surface area contributed by atoms with Crippen LogP contribution in [-0.4, -0.2) is 12.0 Å². The Hall–Kier alpha value is -1.87. The average Bonchev–Trinajstić information content (AvgIpc) is 2.50. The lowest BCUT2D eigenvalue weighted by atomic mass is 9.82. The molecule has 1 N–H and O–H groups in total. The van der Waals surface area contributed by atoms with E-state index in [1.54, 1.807) is 6.20 Å². The highest BCUT2D eigenvalue weighted by molar-refractivity contribution is 5.35. The van der Waals surface area contributed by atoms with Gasteiger partial charge < -0.3 is 10.1 Å². The summed E-state index contributed by atoms with van der Waals surface area (Å²) in [5.74, 6) is 1.48. The van der Waals surface area contributed by atoms with Gasteiger partial charge in [-0.1, -0.05) is 39.0 Å². The van der Waals surface area contributed by atoms with Crippen molar-refractivity contribution in [2.45, 2.75) is 39.2 Å². The lowest BCUT2D eigenvalue weighted by Gasteiger charge is -2.23. The first-order chi connectivity index (χ1) is 10.1. The van der Waals surface area contributed by atoms with Crippen molar-refractivity contribution in [1.82, 2.24) is 10.3 Å². The van der Waals surface area contributed by atoms with Crippen LogP contribution in [0.1, 0.15) is 38.3 Å². The Morgan fingerprint density at radius 1 is 1.14 bits per heavy atom. The van der Waals surface area contributed by atoms with Gasteiger partial charge in [0.1, 0.15) is 5.75 Å². The predicted octanol–water partition coefficient (Wildman–Crippen LogP) is 4.28. The molecule has 0 unspecified atom stereocenters. The van der Waals surface area contributed by atoms with Crippen molar-refractivity contribution in [3.8, 4) is 11.6 Å². The summed E-state index contributed by atoms with van der Waals surface area (Å²) in [4.78, 5) is 4.32. The molecule has 1 aromatic carbocycles. The second-order valence-corrected chi connectivity index (χ2v) is 5.86. The third-order valence-electron chi connectivity index (χ3n) is 3.95. The van der Waals surface area contributed by atoms with E-state index >= 15 is 0 Å². The Bertz CT molecular complexity index is 576. The van der Waals surface area contributed by atoms with Gasteiger partial charge in [0.05, 0.1) is 0 Å². The standard InChI is InChI=1S/C18H24N2O/c1-5-18(2,3)15-8-10-16(11-9-15)21-17-14(13-19-4)7-6-12-20-17/h6-12,19H,5,13H2,1-4H3. The second kappa shape index (κ2) is 6.72. The number of ether oxygens (including phenoxy) is 1. The molecule has 0 radical (unpaired) electrons. The smallest absolute Gasteiger partial charge is 0.223 e. The van der Waals surface area contributed by atoms with Crippen molar-refractivity contribution in [2.75, 3.05) is 7.05 Å². The molecule has 3 nitrogen and oxygen atoms in total. The summed E-state index contributed by atoms with van der Waals surface area (Å²) in [6.07, 6.45) is 2.86. The first-order valence-corrected chi connectivity index (χ1v) is 7.43. The molecule has 0 aliphatic rings. The van der Waals surface area contributed by atoms with Crippen LogP contribution < -0.4 is 10.1 Å². The Morgan fingerprint density at radius 2 is 1.86 bits per heavy atom. The van der Waals surface area contributed by atoms with Crippen LogP contribution in [-0.2, 0) is 12.0 Å². The monoisotopic (exact) mass is 284 g/mol. The molecule has 0 bridgehead atoms. The maximum atomic E-state index is 5.91. The molecular weight excluding hydrogens is 260 g/mol. The minimum absolute atomic E-state index is 0.195. The molecule has 0 spiro atoms. The molecule has 0 aliphatic carbocycles. The second-order valence-electron chi connectivity index (χ2n) is 5.86. The third-order valence-corrected chi connectivity index (χ3v) is 3.95. The number of nitrogens with one attached hydrogen (secondary N) is 1. The fourth-order valence-corrected chi connectivity index (χ4v) is 2.13. The van der Waals surface area contributed by atoms with Crippen LogP contribution in [0, 0.1) is 0 Å². The molecule has 1 heterocycles. The normalized spacial score (nSPS) is 11.4. The first kappa shape index (κ1) is 15.5. The quantitative estimate of drug-likeness (QED) is 0.859. The number of nitrogens with zero attached hydrogens (tertiary/aromatic N) is 1. The fourth-order valence-electron chi connectivity index (χ4n) is 2.13. The molecule has 0 saturated heterocycles. The fraction of sp³-hybridized carbons (Fsp3) is 0.389. The third kappa shape index (κ3) is 3.82. The van der Waals surface area contributed by atoms with Crippen LogP contribution >= 0.6 is 0 Å². The molecule has 21 heavy (non-hydrogen) atoms. The summed E-state index contributed by atoms with van der Waals surface area (Å²) >= 11 is 0. The van der Waals surface area contributed by atoms with E-state index in [0.717, 1.165) is 24.3 Å². The van der Waals surface area contributed by atoms with E-state index < -0.39 is 0 Å². The van der Waals surface area contributed by atoms with Gasteiger partial charge in [-0.3, -0.25) is 0 Å². The lowest BCUT2D eigenvalue weighted by Crippen LogP contribution is -2.14. The molecule has 112 valence electrons. The molecule has 0 saturated carbocycles. The Morgan fingerprint density at radius 3 is 2.48 bits per heavy atom. The van der Waals surface area contributed by atoms with E-state index in [4.69, 9.17) is 4.74 Å². The van der Waals surface area contributed by atoms with Crippen LogP contribution in [0.15, 0.2) is 42.6 Å². The van der Waals surface area contributed by atoms with Gasteiger partial charge in [-0.25, -0.2) is 4.98 Å². The Kier molecular flexibility index (Phi) is 4.97. The Balaban J connectivity index is 2.18. The van der Waals surface area contributed by atoms with Crippen LogP contribution in [0.4, 0.5) is 0 Å². The molecular formula is C18H24N2O. The highest BCUT2D eigenvalue weighted by atomic mass is 16.5. The molecule has 3 heteroatoms. The van der Waals surface area contributed by atoms with E-state index in [0.29, 0.717) is 5.88 Å². The van der Waals surface area contributed by atoms with Crippen LogP contribution in [0.25, 0.3) is 0 Å². The highest BCUT2D eigenvalue weighted by Crippen LogP contribution is 2.29. The number of hydrogen-bond donors (Lipinski definition) is 1.